The van der Waals surface area contributed by atoms with Crippen molar-refractivity contribution in [3.63, 3.8) is 0 Å². The van der Waals surface area contributed by atoms with Crippen molar-refractivity contribution in [3.05, 3.63) is 88.2 Å². The predicted molar refractivity (Wildman–Crippen MR) is 168 cm³/mol. The Labute approximate surface area is 254 Å². The average Bonchev–Trinajstić information content (AvgIpc) is 2.99. The number of pyridine rings is 1. The van der Waals surface area contributed by atoms with E-state index in [9.17, 15) is 14.9 Å². The first kappa shape index (κ1) is 31.5. The molecule has 1 fully saturated rings. The molecule has 1 aliphatic rings. The van der Waals surface area contributed by atoms with Crippen molar-refractivity contribution in [1.29, 1.82) is 5.26 Å². The Balaban J connectivity index is 1.35. The van der Waals surface area contributed by atoms with Crippen LogP contribution in [0.1, 0.15) is 64.4 Å². The van der Waals surface area contributed by atoms with Gasteiger partial charge in [-0.3, -0.25) is 14.6 Å². The lowest BCUT2D eigenvalue weighted by Crippen LogP contribution is -2.48. The number of nitriles is 1. The van der Waals surface area contributed by atoms with Crippen LogP contribution in [0.3, 0.4) is 0 Å². The van der Waals surface area contributed by atoms with Crippen LogP contribution in [0.4, 0.5) is 5.69 Å². The second kappa shape index (κ2) is 14.7. The third-order valence-corrected chi connectivity index (χ3v) is 8.34. The molecular formula is C34H42N6O3. The molecular weight excluding hydrogens is 540 g/mol. The number of nitrogens with one attached hydrogen (secondary N) is 1. The molecule has 0 radical (unpaired) electrons. The molecule has 1 aliphatic heterocycles. The molecule has 0 aliphatic carbocycles. The van der Waals surface area contributed by atoms with Crippen molar-refractivity contribution in [2.45, 2.75) is 65.6 Å². The maximum atomic E-state index is 12.9. The third-order valence-electron chi connectivity index (χ3n) is 8.34. The van der Waals surface area contributed by atoms with Gasteiger partial charge in [0.1, 0.15) is 5.75 Å². The van der Waals surface area contributed by atoms with Crippen molar-refractivity contribution >= 4 is 17.5 Å². The van der Waals surface area contributed by atoms with Gasteiger partial charge in [-0.05, 0) is 112 Å². The zero-order valence-corrected chi connectivity index (χ0v) is 25.6. The molecule has 0 bridgehead atoms. The Hall–Kier alpha value is -4.42. The van der Waals surface area contributed by atoms with E-state index in [1.165, 1.54) is 11.1 Å². The molecule has 3 aromatic rings. The average molecular weight is 583 g/mol. The largest absolute Gasteiger partial charge is 0.484 e. The van der Waals surface area contributed by atoms with E-state index in [-0.39, 0.29) is 12.5 Å². The number of nitrogens with two attached hydrogens (primary N) is 1. The quantitative estimate of drug-likeness (QED) is 0.324. The van der Waals surface area contributed by atoms with E-state index in [0.717, 1.165) is 55.7 Å². The number of aromatic nitrogens is 1. The zero-order valence-electron chi connectivity index (χ0n) is 25.6. The molecule has 2 heterocycles. The molecule has 0 spiro atoms. The Morgan fingerprint density at radius 1 is 1.12 bits per heavy atom. The van der Waals surface area contributed by atoms with Crippen LogP contribution in [0.25, 0.3) is 0 Å². The van der Waals surface area contributed by atoms with Crippen molar-refractivity contribution in [1.82, 2.24) is 15.2 Å². The zero-order chi connectivity index (χ0) is 30.9. The number of anilines is 1. The van der Waals surface area contributed by atoms with Gasteiger partial charge in [-0.1, -0.05) is 0 Å². The second-order valence-electron chi connectivity index (χ2n) is 11.4. The minimum Gasteiger partial charge on any atom is -0.484 e. The van der Waals surface area contributed by atoms with Gasteiger partial charge in [0.25, 0.3) is 11.8 Å². The normalized spacial score (nSPS) is 14.5. The highest BCUT2D eigenvalue weighted by Gasteiger charge is 2.28. The molecule has 0 unspecified atom stereocenters. The van der Waals surface area contributed by atoms with Crippen LogP contribution in [0, 0.1) is 32.1 Å². The summed E-state index contributed by atoms with van der Waals surface area (Å²) in [4.78, 5) is 33.3. The first-order chi connectivity index (χ1) is 20.7. The van der Waals surface area contributed by atoms with Crippen LogP contribution < -0.4 is 20.7 Å². The number of aryl methyl sites for hydroxylation is 3. The topological polar surface area (TPSA) is 125 Å². The monoisotopic (exact) mass is 582 g/mol. The van der Waals surface area contributed by atoms with Gasteiger partial charge in [0.05, 0.1) is 11.6 Å². The second-order valence-corrected chi connectivity index (χ2v) is 11.4. The number of piperidine rings is 1. The van der Waals surface area contributed by atoms with Gasteiger partial charge in [-0.25, -0.2) is 0 Å². The summed E-state index contributed by atoms with van der Waals surface area (Å²) < 4.78 is 5.47. The van der Waals surface area contributed by atoms with Crippen molar-refractivity contribution in [2.24, 2.45) is 5.73 Å². The number of hydrogen-bond acceptors (Lipinski definition) is 7. The maximum Gasteiger partial charge on any atom is 0.255 e. The highest BCUT2D eigenvalue weighted by Crippen LogP contribution is 2.29. The first-order valence-corrected chi connectivity index (χ1v) is 14.9. The van der Waals surface area contributed by atoms with Gasteiger partial charge in [0, 0.05) is 61.9 Å². The lowest BCUT2D eigenvalue weighted by atomic mass is 9.98. The molecule has 1 aromatic heterocycles. The maximum absolute atomic E-state index is 12.9. The van der Waals surface area contributed by atoms with Crippen molar-refractivity contribution < 1.29 is 14.3 Å². The molecule has 3 N–H and O–H groups in total. The number of carbonyl (C=O) groups excluding carboxylic acids is 2. The van der Waals surface area contributed by atoms with Crippen LogP contribution in [-0.2, 0) is 11.3 Å². The number of rotatable bonds is 12. The Morgan fingerprint density at radius 3 is 2.40 bits per heavy atom. The molecule has 2 aromatic carbocycles. The summed E-state index contributed by atoms with van der Waals surface area (Å²) in [6.45, 7) is 11.2. The fourth-order valence-electron chi connectivity index (χ4n) is 5.86. The molecule has 9 nitrogen and oxygen atoms in total. The number of amides is 2. The molecule has 9 heteroatoms. The molecule has 1 atom stereocenters. The minimum atomic E-state index is -0.502. The van der Waals surface area contributed by atoms with Crippen molar-refractivity contribution in [2.75, 3.05) is 31.1 Å². The van der Waals surface area contributed by atoms with Gasteiger partial charge >= 0.3 is 0 Å². The highest BCUT2D eigenvalue weighted by atomic mass is 16.5. The third kappa shape index (κ3) is 8.33. The van der Waals surface area contributed by atoms with E-state index in [4.69, 9.17) is 10.5 Å². The first-order valence-electron chi connectivity index (χ1n) is 14.9. The summed E-state index contributed by atoms with van der Waals surface area (Å²) in [7, 11) is 0. The molecule has 226 valence electrons. The fourth-order valence-corrected chi connectivity index (χ4v) is 5.86. The van der Waals surface area contributed by atoms with E-state index in [2.05, 4.69) is 40.0 Å². The lowest BCUT2D eigenvalue weighted by molar-refractivity contribution is -0.119. The van der Waals surface area contributed by atoms with Gasteiger partial charge in [-0.2, -0.15) is 5.26 Å². The molecule has 4 rings (SSSR count). The van der Waals surface area contributed by atoms with E-state index in [0.29, 0.717) is 35.5 Å². The number of carbonyl (C=O) groups is 2. The Morgan fingerprint density at radius 2 is 1.79 bits per heavy atom. The number of nitrogens with zero attached hydrogens (tertiary/aromatic N) is 4. The lowest BCUT2D eigenvalue weighted by Gasteiger charge is -2.42. The molecule has 43 heavy (non-hydrogen) atoms. The summed E-state index contributed by atoms with van der Waals surface area (Å²) in [6, 6.07) is 16.2. The summed E-state index contributed by atoms with van der Waals surface area (Å²) in [5, 5.41) is 12.3. The van der Waals surface area contributed by atoms with Crippen LogP contribution in [0.2, 0.25) is 0 Å². The number of likely N-dealkylation sites (tertiary alicyclic amines) is 1. The fraction of sp³-hybridized carbons (Fsp3) is 0.412. The summed E-state index contributed by atoms with van der Waals surface area (Å²) in [5.74, 6) is 0.0238. The highest BCUT2D eigenvalue weighted by molar-refractivity contribution is 5.97. The minimum absolute atomic E-state index is 0.0854. The predicted octanol–water partition coefficient (Wildman–Crippen LogP) is 4.42. The summed E-state index contributed by atoms with van der Waals surface area (Å²) >= 11 is 0. The van der Waals surface area contributed by atoms with E-state index < -0.39 is 5.91 Å². The van der Waals surface area contributed by atoms with Crippen LogP contribution in [-0.4, -0.2) is 60.0 Å². The van der Waals surface area contributed by atoms with Gasteiger partial charge in [0.2, 0.25) is 0 Å². The van der Waals surface area contributed by atoms with Crippen LogP contribution >= 0.6 is 0 Å². The van der Waals surface area contributed by atoms with E-state index in [1.54, 1.807) is 12.1 Å². The van der Waals surface area contributed by atoms with Crippen LogP contribution in [0.5, 0.6) is 5.75 Å². The SMILES string of the molecule is Cc1ccncc1CN(c1ccc(OCC(N)=O)cc1)C1CCN([C@H](C)CCNC(=O)c2c(C)cc(C#N)cc2C)CC1. The standard InChI is InChI=1S/C34H42N6O3/c1-23-9-13-37-20-28(23)21-40(29-5-7-31(8-6-29)43-22-32(36)41)30-11-15-39(16-12-30)26(4)10-14-38-34(42)33-24(2)17-27(19-35)18-25(33)3/h5-9,13,17-18,20,26,30H,10-12,14-16,21-22H2,1-4H3,(H2,36,41)(H,38,42)/t26-/m1/s1. The molecule has 0 saturated carbocycles. The Kier molecular flexibility index (Phi) is 10.7. The summed E-state index contributed by atoms with van der Waals surface area (Å²) in [5.41, 5.74) is 11.6. The number of primary amides is 1. The van der Waals surface area contributed by atoms with Gasteiger partial charge < -0.3 is 25.6 Å². The van der Waals surface area contributed by atoms with Gasteiger partial charge in [-0.15, -0.1) is 0 Å². The molecule has 2 amide bonds. The molecule has 1 saturated heterocycles. The van der Waals surface area contributed by atoms with Crippen molar-refractivity contribution in [3.8, 4) is 11.8 Å². The Bertz CT molecular complexity index is 1430. The van der Waals surface area contributed by atoms with E-state index >= 15 is 0 Å². The number of hydrogen-bond donors (Lipinski definition) is 2. The smallest absolute Gasteiger partial charge is 0.255 e. The van der Waals surface area contributed by atoms with Crippen LogP contribution in [0.15, 0.2) is 54.9 Å². The summed E-state index contributed by atoms with van der Waals surface area (Å²) in [6.07, 6.45) is 6.65. The number of benzene rings is 2. The van der Waals surface area contributed by atoms with Gasteiger partial charge in [0.15, 0.2) is 6.61 Å². The number of ether oxygens (including phenoxy) is 1. The van der Waals surface area contributed by atoms with E-state index in [1.807, 2.05) is 56.6 Å².